The lowest BCUT2D eigenvalue weighted by Gasteiger charge is -2.14. The third-order valence-electron chi connectivity index (χ3n) is 3.24. The maximum Gasteiger partial charge on any atom is 0.149 e. The fourth-order valence-electron chi connectivity index (χ4n) is 2.09. The van der Waals surface area contributed by atoms with E-state index >= 15 is 0 Å². The van der Waals surface area contributed by atoms with Gasteiger partial charge in [0.1, 0.15) is 5.00 Å². The number of alkyl halides is 1. The standard InChI is InChI=1S/C16H33ClN2/c1-5-7-9-11-13-15(14-12-10-8-6-2)18-19-16(3,4)17/h15H,5-14H2,1-4H3/b19-18+. The van der Waals surface area contributed by atoms with Gasteiger partial charge in [0, 0.05) is 0 Å². The predicted octanol–water partition coefficient (Wildman–Crippen LogP) is 6.72. The molecule has 0 aromatic carbocycles. The first-order valence-corrected chi connectivity index (χ1v) is 8.48. The Balaban J connectivity index is 4.03. The molecule has 0 spiro atoms. The van der Waals surface area contributed by atoms with Crippen LogP contribution < -0.4 is 0 Å². The SMILES string of the molecule is CCCCCCC(CCCCCC)/N=N/C(C)(C)Cl. The number of nitrogens with zero attached hydrogens (tertiary/aromatic N) is 2. The van der Waals surface area contributed by atoms with Gasteiger partial charge in [0.25, 0.3) is 0 Å². The molecular weight excluding hydrogens is 256 g/mol. The molecule has 19 heavy (non-hydrogen) atoms. The van der Waals surface area contributed by atoms with Crippen LogP contribution in [0.3, 0.4) is 0 Å². The summed E-state index contributed by atoms with van der Waals surface area (Å²) in [6, 6.07) is 0.381. The van der Waals surface area contributed by atoms with Gasteiger partial charge in [-0.1, -0.05) is 76.8 Å². The minimum Gasteiger partial charge on any atom is -0.189 e. The first-order valence-electron chi connectivity index (χ1n) is 8.10. The third kappa shape index (κ3) is 14.1. The number of azo groups is 1. The van der Waals surface area contributed by atoms with E-state index in [1.807, 2.05) is 13.8 Å². The summed E-state index contributed by atoms with van der Waals surface area (Å²) in [7, 11) is 0. The highest BCUT2D eigenvalue weighted by Gasteiger charge is 2.13. The molecule has 0 aromatic rings. The summed E-state index contributed by atoms with van der Waals surface area (Å²) in [6.07, 6.45) is 12.8. The topological polar surface area (TPSA) is 24.7 Å². The number of unbranched alkanes of at least 4 members (excludes halogenated alkanes) is 6. The number of rotatable bonds is 12. The number of hydrogen-bond donors (Lipinski definition) is 0. The van der Waals surface area contributed by atoms with Crippen LogP contribution in [0.1, 0.15) is 91.9 Å². The summed E-state index contributed by atoms with van der Waals surface area (Å²) >= 11 is 6.08. The van der Waals surface area contributed by atoms with Crippen molar-refractivity contribution in [3.05, 3.63) is 0 Å². The van der Waals surface area contributed by atoms with Crippen molar-refractivity contribution in [2.75, 3.05) is 0 Å². The van der Waals surface area contributed by atoms with Crippen LogP contribution in [0.25, 0.3) is 0 Å². The molecule has 0 aliphatic heterocycles. The van der Waals surface area contributed by atoms with Gasteiger partial charge in [0.15, 0.2) is 0 Å². The van der Waals surface area contributed by atoms with Crippen LogP contribution in [0.2, 0.25) is 0 Å². The summed E-state index contributed by atoms with van der Waals surface area (Å²) < 4.78 is 0. The highest BCUT2D eigenvalue weighted by molar-refractivity contribution is 6.23. The van der Waals surface area contributed by atoms with Crippen molar-refractivity contribution in [3.8, 4) is 0 Å². The van der Waals surface area contributed by atoms with Crippen molar-refractivity contribution in [2.45, 2.75) is 103 Å². The van der Waals surface area contributed by atoms with Crippen LogP contribution in [0.5, 0.6) is 0 Å². The minimum atomic E-state index is -0.551. The molecule has 0 aliphatic carbocycles. The molecule has 0 fully saturated rings. The quantitative estimate of drug-likeness (QED) is 0.165. The van der Waals surface area contributed by atoms with E-state index in [0.717, 1.165) is 0 Å². The molecular formula is C16H33ClN2. The zero-order valence-electron chi connectivity index (χ0n) is 13.4. The minimum absolute atomic E-state index is 0.381. The molecule has 0 rings (SSSR count). The molecule has 0 saturated heterocycles. The second-order valence-electron chi connectivity index (χ2n) is 5.98. The summed E-state index contributed by atoms with van der Waals surface area (Å²) in [4.78, 5) is -0.551. The fourth-order valence-corrected chi connectivity index (χ4v) is 2.14. The Morgan fingerprint density at radius 2 is 1.32 bits per heavy atom. The monoisotopic (exact) mass is 288 g/mol. The Morgan fingerprint density at radius 1 is 0.842 bits per heavy atom. The van der Waals surface area contributed by atoms with Crippen molar-refractivity contribution in [1.82, 2.24) is 0 Å². The Labute approximate surface area is 125 Å². The van der Waals surface area contributed by atoms with E-state index in [1.54, 1.807) is 0 Å². The van der Waals surface area contributed by atoms with Gasteiger partial charge in [-0.25, -0.2) is 0 Å². The molecule has 0 bridgehead atoms. The molecule has 0 unspecified atom stereocenters. The van der Waals surface area contributed by atoms with Crippen molar-refractivity contribution in [1.29, 1.82) is 0 Å². The van der Waals surface area contributed by atoms with E-state index in [-0.39, 0.29) is 0 Å². The van der Waals surface area contributed by atoms with Crippen LogP contribution in [-0.2, 0) is 0 Å². The van der Waals surface area contributed by atoms with Gasteiger partial charge in [-0.05, 0) is 26.7 Å². The largest absolute Gasteiger partial charge is 0.189 e. The normalized spacial score (nSPS) is 12.7. The Hall–Kier alpha value is -0.110. The van der Waals surface area contributed by atoms with Gasteiger partial charge in [-0.15, -0.1) is 0 Å². The molecule has 3 heteroatoms. The Kier molecular flexibility index (Phi) is 11.6. The van der Waals surface area contributed by atoms with Crippen molar-refractivity contribution < 1.29 is 0 Å². The zero-order valence-corrected chi connectivity index (χ0v) is 14.2. The van der Waals surface area contributed by atoms with E-state index in [9.17, 15) is 0 Å². The summed E-state index contributed by atoms with van der Waals surface area (Å²) in [5, 5.41) is 8.73. The number of hydrogen-bond acceptors (Lipinski definition) is 2. The molecule has 0 heterocycles. The summed E-state index contributed by atoms with van der Waals surface area (Å²) in [5.74, 6) is 0. The lowest BCUT2D eigenvalue weighted by molar-refractivity contribution is 0.467. The average Bonchev–Trinajstić information content (AvgIpc) is 2.34. The molecule has 0 saturated carbocycles. The van der Waals surface area contributed by atoms with Gasteiger partial charge in [0.2, 0.25) is 0 Å². The molecule has 0 radical (unpaired) electrons. The van der Waals surface area contributed by atoms with E-state index in [1.165, 1.54) is 64.2 Å². The third-order valence-corrected chi connectivity index (χ3v) is 3.32. The lowest BCUT2D eigenvalue weighted by atomic mass is 10.0. The molecule has 0 aliphatic rings. The van der Waals surface area contributed by atoms with Gasteiger partial charge in [0.05, 0.1) is 6.04 Å². The maximum atomic E-state index is 6.08. The Morgan fingerprint density at radius 3 is 1.68 bits per heavy atom. The lowest BCUT2D eigenvalue weighted by Crippen LogP contribution is -2.09. The second kappa shape index (κ2) is 11.7. The fraction of sp³-hybridized carbons (Fsp3) is 1.00. The van der Waals surface area contributed by atoms with Gasteiger partial charge < -0.3 is 0 Å². The molecule has 2 nitrogen and oxygen atoms in total. The highest BCUT2D eigenvalue weighted by Crippen LogP contribution is 2.20. The van der Waals surface area contributed by atoms with Gasteiger partial charge >= 0.3 is 0 Å². The van der Waals surface area contributed by atoms with Gasteiger partial charge in [-0.2, -0.15) is 10.2 Å². The van der Waals surface area contributed by atoms with Crippen LogP contribution in [0.15, 0.2) is 10.2 Å². The van der Waals surface area contributed by atoms with Crippen molar-refractivity contribution in [2.24, 2.45) is 10.2 Å². The zero-order chi connectivity index (χ0) is 14.6. The Bertz CT molecular complexity index is 209. The molecule has 0 atom stereocenters. The predicted molar refractivity (Wildman–Crippen MR) is 86.1 cm³/mol. The first-order chi connectivity index (χ1) is 8.99. The second-order valence-corrected chi connectivity index (χ2v) is 6.90. The van der Waals surface area contributed by atoms with Crippen LogP contribution in [0.4, 0.5) is 0 Å². The van der Waals surface area contributed by atoms with Crippen LogP contribution in [0, 0.1) is 0 Å². The first kappa shape index (κ1) is 18.9. The number of halogens is 1. The maximum absolute atomic E-state index is 6.08. The van der Waals surface area contributed by atoms with Crippen molar-refractivity contribution >= 4 is 11.6 Å². The molecule has 0 amide bonds. The average molecular weight is 289 g/mol. The van der Waals surface area contributed by atoms with E-state index < -0.39 is 5.00 Å². The van der Waals surface area contributed by atoms with Crippen molar-refractivity contribution in [3.63, 3.8) is 0 Å². The summed E-state index contributed by atoms with van der Waals surface area (Å²) in [5.41, 5.74) is 0. The van der Waals surface area contributed by atoms with Crippen LogP contribution >= 0.6 is 11.6 Å². The molecule has 114 valence electrons. The molecule has 0 N–H and O–H groups in total. The smallest absolute Gasteiger partial charge is 0.149 e. The molecule has 0 aromatic heterocycles. The van der Waals surface area contributed by atoms with Gasteiger partial charge in [-0.3, -0.25) is 0 Å². The summed E-state index contributed by atoms with van der Waals surface area (Å²) in [6.45, 7) is 8.28. The van der Waals surface area contributed by atoms with E-state index in [4.69, 9.17) is 11.6 Å². The van der Waals surface area contributed by atoms with E-state index in [2.05, 4.69) is 24.1 Å². The highest BCUT2D eigenvalue weighted by atomic mass is 35.5. The van der Waals surface area contributed by atoms with Crippen LogP contribution in [-0.4, -0.2) is 11.0 Å². The van der Waals surface area contributed by atoms with E-state index in [0.29, 0.717) is 6.04 Å².